The van der Waals surface area contributed by atoms with Gasteiger partial charge in [-0.05, 0) is 50.0 Å². The molecule has 0 saturated heterocycles. The van der Waals surface area contributed by atoms with E-state index >= 15 is 0 Å². The molecule has 19 heavy (non-hydrogen) atoms. The summed E-state index contributed by atoms with van der Waals surface area (Å²) in [5.41, 5.74) is 0.00173. The monoisotopic (exact) mass is 263 g/mol. The zero-order chi connectivity index (χ0) is 14.1. The maximum atomic E-state index is 10.8. The van der Waals surface area contributed by atoms with E-state index in [0.29, 0.717) is 12.8 Å². The zero-order valence-corrected chi connectivity index (χ0v) is 12.0. The fourth-order valence-electron chi connectivity index (χ4n) is 2.11. The van der Waals surface area contributed by atoms with E-state index in [2.05, 4.69) is 18.8 Å². The van der Waals surface area contributed by atoms with E-state index in [1.165, 1.54) is 0 Å². The van der Waals surface area contributed by atoms with Gasteiger partial charge in [0.2, 0.25) is 0 Å². The second-order valence-electron chi connectivity index (χ2n) is 4.76. The Kier molecular flexibility index (Phi) is 6.60. The van der Waals surface area contributed by atoms with Gasteiger partial charge < -0.3 is 15.2 Å². The van der Waals surface area contributed by atoms with E-state index in [0.717, 1.165) is 30.8 Å². The highest BCUT2D eigenvalue weighted by Crippen LogP contribution is 2.31. The summed E-state index contributed by atoms with van der Waals surface area (Å²) in [5.74, 6) is 0.765. The molecule has 0 saturated carbocycles. The topological polar surface area (TPSA) is 41.5 Å². The van der Waals surface area contributed by atoms with Gasteiger partial charge >= 0.3 is 0 Å². The molecule has 1 rings (SSSR count). The number of methoxy groups -OCH3 is 1. The Morgan fingerprint density at radius 2 is 2.21 bits per heavy atom. The Balaban J connectivity index is 2.80. The summed E-state index contributed by atoms with van der Waals surface area (Å²) < 4.78 is 5.22. The Hall–Kier alpha value is -1.32. The first-order valence-electron chi connectivity index (χ1n) is 6.85. The van der Waals surface area contributed by atoms with Gasteiger partial charge in [-0.15, -0.1) is 6.58 Å². The summed E-state index contributed by atoms with van der Waals surface area (Å²) in [5, 5.41) is 14.2. The van der Waals surface area contributed by atoms with Gasteiger partial charge in [0.05, 0.1) is 12.7 Å². The molecule has 1 unspecified atom stereocenters. The third kappa shape index (κ3) is 4.69. The van der Waals surface area contributed by atoms with Crippen molar-refractivity contribution in [1.29, 1.82) is 0 Å². The minimum atomic E-state index is -0.878. The summed E-state index contributed by atoms with van der Waals surface area (Å²) in [6.07, 6.45) is 4.05. The van der Waals surface area contributed by atoms with Crippen LogP contribution in [-0.2, 0) is 5.60 Å². The molecule has 0 aliphatic heterocycles. The first kappa shape index (κ1) is 15.7. The lowest BCUT2D eigenvalue weighted by Crippen LogP contribution is -2.30. The molecule has 0 fully saturated rings. The van der Waals surface area contributed by atoms with Crippen LogP contribution < -0.4 is 10.1 Å². The Morgan fingerprint density at radius 3 is 2.84 bits per heavy atom. The van der Waals surface area contributed by atoms with Crippen LogP contribution in [0.15, 0.2) is 36.9 Å². The number of aliphatic hydroxyl groups is 1. The van der Waals surface area contributed by atoms with Gasteiger partial charge in [0.1, 0.15) is 5.75 Å². The summed E-state index contributed by atoms with van der Waals surface area (Å²) in [6.45, 7) is 7.64. The van der Waals surface area contributed by atoms with E-state index in [1.54, 1.807) is 13.2 Å². The van der Waals surface area contributed by atoms with Crippen LogP contribution in [0.4, 0.5) is 0 Å². The van der Waals surface area contributed by atoms with Gasteiger partial charge in [0.15, 0.2) is 0 Å². The predicted octanol–water partition coefficient (Wildman–Crippen LogP) is 2.85. The molecule has 0 amide bonds. The van der Waals surface area contributed by atoms with Gasteiger partial charge in [0.25, 0.3) is 0 Å². The number of rotatable bonds is 9. The largest absolute Gasteiger partial charge is 0.497 e. The van der Waals surface area contributed by atoms with Crippen LogP contribution in [0.2, 0.25) is 0 Å². The maximum absolute atomic E-state index is 10.8. The maximum Gasteiger partial charge on any atom is 0.119 e. The zero-order valence-electron chi connectivity index (χ0n) is 12.0. The van der Waals surface area contributed by atoms with E-state index in [-0.39, 0.29) is 0 Å². The molecular formula is C16H25NO2. The molecule has 0 spiro atoms. The summed E-state index contributed by atoms with van der Waals surface area (Å²) in [6, 6.07) is 7.62. The molecule has 1 atom stereocenters. The molecule has 0 aromatic heterocycles. The van der Waals surface area contributed by atoms with Crippen molar-refractivity contribution >= 4 is 0 Å². The lowest BCUT2D eigenvalue weighted by molar-refractivity contribution is 0.0307. The minimum Gasteiger partial charge on any atom is -0.497 e. The molecule has 3 nitrogen and oxygen atoms in total. The van der Waals surface area contributed by atoms with Crippen molar-refractivity contribution in [2.45, 2.75) is 31.8 Å². The van der Waals surface area contributed by atoms with E-state index in [9.17, 15) is 5.11 Å². The predicted molar refractivity (Wildman–Crippen MR) is 79.5 cm³/mol. The summed E-state index contributed by atoms with van der Waals surface area (Å²) >= 11 is 0. The van der Waals surface area contributed by atoms with Crippen molar-refractivity contribution < 1.29 is 9.84 Å². The van der Waals surface area contributed by atoms with Crippen molar-refractivity contribution in [3.05, 3.63) is 42.5 Å². The molecule has 0 heterocycles. The molecule has 0 aliphatic rings. The molecule has 0 radical (unpaired) electrons. The van der Waals surface area contributed by atoms with Crippen LogP contribution in [0.1, 0.15) is 31.7 Å². The van der Waals surface area contributed by atoms with E-state index in [4.69, 9.17) is 4.74 Å². The van der Waals surface area contributed by atoms with E-state index in [1.807, 2.05) is 24.3 Å². The van der Waals surface area contributed by atoms with Crippen molar-refractivity contribution in [3.8, 4) is 5.75 Å². The first-order valence-corrected chi connectivity index (χ1v) is 6.85. The highest BCUT2D eigenvalue weighted by atomic mass is 16.5. The lowest BCUT2D eigenvalue weighted by atomic mass is 9.87. The molecule has 2 N–H and O–H groups in total. The molecule has 106 valence electrons. The van der Waals surface area contributed by atoms with Crippen LogP contribution in [0.5, 0.6) is 5.75 Å². The SMILES string of the molecule is C=CCC(O)(CCNCCC)c1cccc(OC)c1. The average Bonchev–Trinajstić information content (AvgIpc) is 2.44. The Morgan fingerprint density at radius 1 is 1.42 bits per heavy atom. The van der Waals surface area contributed by atoms with Crippen LogP contribution in [0.3, 0.4) is 0 Å². The molecule has 0 bridgehead atoms. The number of hydrogen-bond acceptors (Lipinski definition) is 3. The fraction of sp³-hybridized carbons (Fsp3) is 0.500. The highest BCUT2D eigenvalue weighted by molar-refractivity contribution is 5.32. The molecule has 3 heteroatoms. The summed E-state index contributed by atoms with van der Waals surface area (Å²) in [4.78, 5) is 0. The second-order valence-corrected chi connectivity index (χ2v) is 4.76. The van der Waals surface area contributed by atoms with Gasteiger partial charge in [-0.25, -0.2) is 0 Å². The molecular weight excluding hydrogens is 238 g/mol. The van der Waals surface area contributed by atoms with Gasteiger partial charge in [-0.2, -0.15) is 0 Å². The fourth-order valence-corrected chi connectivity index (χ4v) is 2.11. The Bertz CT molecular complexity index is 392. The lowest BCUT2D eigenvalue weighted by Gasteiger charge is -2.28. The molecule has 1 aromatic rings. The highest BCUT2D eigenvalue weighted by Gasteiger charge is 2.27. The summed E-state index contributed by atoms with van der Waals surface area (Å²) in [7, 11) is 1.63. The van der Waals surface area contributed by atoms with Gasteiger partial charge in [-0.3, -0.25) is 0 Å². The van der Waals surface area contributed by atoms with E-state index < -0.39 is 5.60 Å². The first-order chi connectivity index (χ1) is 9.16. The van der Waals surface area contributed by atoms with Crippen LogP contribution in [0, 0.1) is 0 Å². The molecule has 0 aliphatic carbocycles. The number of nitrogens with one attached hydrogen (secondary N) is 1. The normalized spacial score (nSPS) is 13.8. The third-order valence-corrected chi connectivity index (χ3v) is 3.23. The van der Waals surface area contributed by atoms with Crippen molar-refractivity contribution in [1.82, 2.24) is 5.32 Å². The number of benzene rings is 1. The van der Waals surface area contributed by atoms with Crippen LogP contribution >= 0.6 is 0 Å². The standard InChI is InChI=1S/C16H25NO2/c1-4-9-16(18,10-12-17-11-5-2)14-7-6-8-15(13-14)19-3/h4,6-8,13,17-18H,1,5,9-12H2,2-3H3. The van der Waals surface area contributed by atoms with Crippen molar-refractivity contribution in [2.24, 2.45) is 0 Å². The number of ether oxygens (including phenoxy) is 1. The van der Waals surface area contributed by atoms with Crippen molar-refractivity contribution in [3.63, 3.8) is 0 Å². The van der Waals surface area contributed by atoms with Crippen LogP contribution in [0.25, 0.3) is 0 Å². The third-order valence-electron chi connectivity index (χ3n) is 3.23. The van der Waals surface area contributed by atoms with Gasteiger partial charge in [0, 0.05) is 0 Å². The van der Waals surface area contributed by atoms with Crippen LogP contribution in [-0.4, -0.2) is 25.3 Å². The average molecular weight is 263 g/mol. The minimum absolute atomic E-state index is 0.536. The smallest absolute Gasteiger partial charge is 0.119 e. The Labute approximate surface area is 116 Å². The molecule has 1 aromatic carbocycles. The number of hydrogen-bond donors (Lipinski definition) is 2. The van der Waals surface area contributed by atoms with Gasteiger partial charge in [-0.1, -0.05) is 25.1 Å². The quantitative estimate of drug-likeness (QED) is 0.532. The second kappa shape index (κ2) is 7.97. The van der Waals surface area contributed by atoms with Crippen molar-refractivity contribution in [2.75, 3.05) is 20.2 Å².